The Bertz CT molecular complexity index is 980. The topological polar surface area (TPSA) is 61.4 Å². The van der Waals surface area contributed by atoms with Crippen LogP contribution in [-0.4, -0.2) is 53.5 Å². The number of hydrogen-bond donors (Lipinski definition) is 1. The van der Waals surface area contributed by atoms with Crippen molar-refractivity contribution < 1.29 is 4.79 Å². The average Bonchev–Trinajstić information content (AvgIpc) is 3.10. The van der Waals surface area contributed by atoms with Crippen LogP contribution in [-0.2, 0) is 6.54 Å². The zero-order valence-corrected chi connectivity index (χ0v) is 17.8. The minimum atomic E-state index is -0.0481. The first-order valence-corrected chi connectivity index (χ1v) is 11.0. The molecule has 152 valence electrons. The lowest BCUT2D eigenvalue weighted by Crippen LogP contribution is -2.46. The SMILES string of the molecule is CCCN1CCN(c2ncnc3sc(C(=O)NCc4ccccc4)c(C)c23)CC1. The number of aromatic nitrogens is 2. The van der Waals surface area contributed by atoms with Crippen molar-refractivity contribution in [1.29, 1.82) is 0 Å². The maximum Gasteiger partial charge on any atom is 0.261 e. The Balaban J connectivity index is 1.54. The lowest BCUT2D eigenvalue weighted by atomic mass is 10.1. The van der Waals surface area contributed by atoms with Gasteiger partial charge in [-0.1, -0.05) is 37.3 Å². The molecule has 2 aromatic heterocycles. The quantitative estimate of drug-likeness (QED) is 0.676. The Morgan fingerprint density at radius 2 is 1.90 bits per heavy atom. The Kier molecular flexibility index (Phi) is 6.06. The first-order chi connectivity index (χ1) is 14.2. The summed E-state index contributed by atoms with van der Waals surface area (Å²) in [5.74, 6) is 0.912. The van der Waals surface area contributed by atoms with Crippen LogP contribution in [0.5, 0.6) is 0 Å². The third-order valence-electron chi connectivity index (χ3n) is 5.42. The number of nitrogens with zero attached hydrogens (tertiary/aromatic N) is 4. The van der Waals surface area contributed by atoms with E-state index in [1.165, 1.54) is 17.8 Å². The number of benzene rings is 1. The zero-order chi connectivity index (χ0) is 20.2. The van der Waals surface area contributed by atoms with E-state index in [1.807, 2.05) is 37.3 Å². The Morgan fingerprint density at radius 1 is 1.14 bits per heavy atom. The van der Waals surface area contributed by atoms with Crippen molar-refractivity contribution in [3.63, 3.8) is 0 Å². The first-order valence-electron chi connectivity index (χ1n) is 10.2. The van der Waals surface area contributed by atoms with Crippen LogP contribution in [0.2, 0.25) is 0 Å². The van der Waals surface area contributed by atoms with Crippen molar-refractivity contribution in [3.05, 3.63) is 52.7 Å². The molecule has 1 aliphatic rings. The Hall–Kier alpha value is -2.51. The molecule has 1 amide bonds. The molecule has 29 heavy (non-hydrogen) atoms. The number of piperazine rings is 1. The molecule has 3 aromatic rings. The second-order valence-electron chi connectivity index (χ2n) is 7.43. The Labute approximate surface area is 175 Å². The molecule has 0 spiro atoms. The van der Waals surface area contributed by atoms with E-state index in [2.05, 4.69) is 32.0 Å². The van der Waals surface area contributed by atoms with Crippen LogP contribution in [0, 0.1) is 6.92 Å². The zero-order valence-electron chi connectivity index (χ0n) is 17.0. The highest BCUT2D eigenvalue weighted by atomic mass is 32.1. The van der Waals surface area contributed by atoms with E-state index in [1.54, 1.807) is 6.33 Å². The molecule has 1 N–H and O–H groups in total. The normalized spacial score (nSPS) is 15.0. The van der Waals surface area contributed by atoms with Gasteiger partial charge in [0, 0.05) is 32.7 Å². The van der Waals surface area contributed by atoms with E-state index in [0.717, 1.165) is 64.8 Å². The number of carbonyl (C=O) groups excluding carboxylic acids is 1. The van der Waals surface area contributed by atoms with Crippen LogP contribution in [0.25, 0.3) is 10.2 Å². The van der Waals surface area contributed by atoms with Crippen molar-refractivity contribution in [2.24, 2.45) is 0 Å². The average molecular weight is 410 g/mol. The van der Waals surface area contributed by atoms with E-state index < -0.39 is 0 Å². The number of aryl methyl sites for hydroxylation is 1. The van der Waals surface area contributed by atoms with Crippen molar-refractivity contribution >= 4 is 33.3 Å². The number of amides is 1. The number of carbonyl (C=O) groups is 1. The molecule has 6 nitrogen and oxygen atoms in total. The van der Waals surface area contributed by atoms with Crippen LogP contribution in [0.4, 0.5) is 5.82 Å². The molecular weight excluding hydrogens is 382 g/mol. The van der Waals surface area contributed by atoms with Crippen LogP contribution in [0.15, 0.2) is 36.7 Å². The molecule has 1 saturated heterocycles. The fraction of sp³-hybridized carbons (Fsp3) is 0.409. The Morgan fingerprint density at radius 3 is 2.62 bits per heavy atom. The smallest absolute Gasteiger partial charge is 0.261 e. The maximum absolute atomic E-state index is 12.8. The number of hydrogen-bond acceptors (Lipinski definition) is 6. The summed E-state index contributed by atoms with van der Waals surface area (Å²) in [6, 6.07) is 9.96. The molecule has 1 fully saturated rings. The van der Waals surface area contributed by atoms with E-state index >= 15 is 0 Å². The molecule has 0 unspecified atom stereocenters. The number of rotatable bonds is 6. The van der Waals surface area contributed by atoms with Crippen molar-refractivity contribution in [1.82, 2.24) is 20.2 Å². The van der Waals surface area contributed by atoms with Gasteiger partial charge in [-0.25, -0.2) is 9.97 Å². The number of fused-ring (bicyclic) bond motifs is 1. The predicted octanol–water partition coefficient (Wildman–Crippen LogP) is 3.46. The minimum absolute atomic E-state index is 0.0481. The van der Waals surface area contributed by atoms with Crippen LogP contribution < -0.4 is 10.2 Å². The van der Waals surface area contributed by atoms with Gasteiger partial charge in [0.2, 0.25) is 0 Å². The molecule has 4 rings (SSSR count). The number of thiophene rings is 1. The van der Waals surface area contributed by atoms with E-state index in [-0.39, 0.29) is 5.91 Å². The van der Waals surface area contributed by atoms with E-state index in [9.17, 15) is 4.79 Å². The largest absolute Gasteiger partial charge is 0.353 e. The van der Waals surface area contributed by atoms with Gasteiger partial charge in [0.25, 0.3) is 5.91 Å². The lowest BCUT2D eigenvalue weighted by molar-refractivity contribution is 0.0954. The molecule has 0 bridgehead atoms. The molecule has 3 heterocycles. The second-order valence-corrected chi connectivity index (χ2v) is 8.43. The summed E-state index contributed by atoms with van der Waals surface area (Å²) in [6.07, 6.45) is 2.81. The summed E-state index contributed by atoms with van der Waals surface area (Å²) in [7, 11) is 0. The summed E-state index contributed by atoms with van der Waals surface area (Å²) in [5, 5.41) is 4.06. The van der Waals surface area contributed by atoms with Gasteiger partial charge >= 0.3 is 0 Å². The van der Waals surface area contributed by atoms with E-state index in [0.29, 0.717) is 6.54 Å². The molecular formula is C22H27N5OS. The fourth-order valence-electron chi connectivity index (χ4n) is 3.87. The van der Waals surface area contributed by atoms with Crippen LogP contribution in [0.1, 0.15) is 34.1 Å². The third kappa shape index (κ3) is 4.26. The van der Waals surface area contributed by atoms with Gasteiger partial charge in [0.05, 0.1) is 10.3 Å². The van der Waals surface area contributed by atoms with Crippen molar-refractivity contribution in [2.75, 3.05) is 37.6 Å². The summed E-state index contributed by atoms with van der Waals surface area (Å²) >= 11 is 1.45. The maximum atomic E-state index is 12.8. The van der Waals surface area contributed by atoms with Crippen LogP contribution in [0.3, 0.4) is 0 Å². The molecule has 1 aliphatic heterocycles. The second kappa shape index (κ2) is 8.88. The van der Waals surface area contributed by atoms with Gasteiger partial charge in [-0.2, -0.15) is 0 Å². The molecule has 7 heteroatoms. The summed E-state index contributed by atoms with van der Waals surface area (Å²) in [6.45, 7) is 9.91. The summed E-state index contributed by atoms with van der Waals surface area (Å²) in [4.78, 5) is 28.3. The molecule has 1 aromatic carbocycles. The highest BCUT2D eigenvalue weighted by Gasteiger charge is 2.24. The predicted molar refractivity (Wildman–Crippen MR) is 119 cm³/mol. The lowest BCUT2D eigenvalue weighted by Gasteiger charge is -2.35. The van der Waals surface area contributed by atoms with Gasteiger partial charge in [0.1, 0.15) is 17.0 Å². The number of anilines is 1. The van der Waals surface area contributed by atoms with Crippen molar-refractivity contribution in [3.8, 4) is 0 Å². The number of nitrogens with one attached hydrogen (secondary N) is 1. The van der Waals surface area contributed by atoms with Gasteiger partial charge in [-0.15, -0.1) is 11.3 Å². The minimum Gasteiger partial charge on any atom is -0.353 e. The molecule has 0 radical (unpaired) electrons. The van der Waals surface area contributed by atoms with E-state index in [4.69, 9.17) is 0 Å². The standard InChI is InChI=1S/C22H27N5OS/c1-3-9-26-10-12-27(13-11-26)20-18-16(2)19(29-22(18)25-15-24-20)21(28)23-14-17-7-5-4-6-8-17/h4-8,15H,3,9-14H2,1-2H3,(H,23,28). The highest BCUT2D eigenvalue weighted by Crippen LogP contribution is 2.35. The van der Waals surface area contributed by atoms with Crippen LogP contribution >= 0.6 is 11.3 Å². The monoisotopic (exact) mass is 409 g/mol. The first kappa shape index (κ1) is 19.8. The highest BCUT2D eigenvalue weighted by molar-refractivity contribution is 7.20. The molecule has 0 atom stereocenters. The summed E-state index contributed by atoms with van der Waals surface area (Å²) < 4.78 is 0. The summed E-state index contributed by atoms with van der Waals surface area (Å²) in [5.41, 5.74) is 2.06. The van der Waals surface area contributed by atoms with Gasteiger partial charge in [0.15, 0.2) is 0 Å². The van der Waals surface area contributed by atoms with Gasteiger partial charge in [-0.05, 0) is 31.0 Å². The molecule has 0 aliphatic carbocycles. The third-order valence-corrected chi connectivity index (χ3v) is 6.62. The van der Waals surface area contributed by atoms with Gasteiger partial charge in [-0.3, -0.25) is 9.69 Å². The van der Waals surface area contributed by atoms with Gasteiger partial charge < -0.3 is 10.2 Å². The van der Waals surface area contributed by atoms with Crippen molar-refractivity contribution in [2.45, 2.75) is 26.8 Å². The fourth-order valence-corrected chi connectivity index (χ4v) is 4.93. The molecule has 0 saturated carbocycles.